The second kappa shape index (κ2) is 6.06. The van der Waals surface area contributed by atoms with Gasteiger partial charge in [-0.05, 0) is 43.7 Å². The van der Waals surface area contributed by atoms with Crippen LogP contribution in [0.15, 0.2) is 51.7 Å². The Bertz CT molecular complexity index is 700. The smallest absolute Gasteiger partial charge is 0.271 e. The quantitative estimate of drug-likeness (QED) is 0.630. The van der Waals surface area contributed by atoms with Crippen LogP contribution in [0.3, 0.4) is 0 Å². The van der Waals surface area contributed by atoms with Crippen molar-refractivity contribution in [3.05, 3.63) is 53.0 Å². The maximum absolute atomic E-state index is 12.3. The molecule has 1 aromatic heterocycles. The molecule has 5 heteroatoms. The third-order valence-corrected chi connectivity index (χ3v) is 3.21. The predicted molar refractivity (Wildman–Crippen MR) is 76.5 cm³/mol. The number of hydrogen-bond acceptors (Lipinski definition) is 4. The minimum Gasteiger partial charge on any atom is -0.465 e. The number of nitriles is 1. The van der Waals surface area contributed by atoms with Crippen molar-refractivity contribution >= 4 is 17.9 Å². The molecule has 0 saturated heterocycles. The van der Waals surface area contributed by atoms with Gasteiger partial charge in [-0.15, -0.1) is 0 Å². The number of nitrogens with zero attached hydrogens (tertiary/aromatic N) is 2. The summed E-state index contributed by atoms with van der Waals surface area (Å²) in [6, 6.07) is 5.41. The summed E-state index contributed by atoms with van der Waals surface area (Å²) in [6.07, 6.45) is 6.50. The lowest BCUT2D eigenvalue weighted by atomic mass is 9.95. The molecule has 2 rings (SSSR count). The summed E-state index contributed by atoms with van der Waals surface area (Å²) < 4.78 is 5.15. The second-order valence-electron chi connectivity index (χ2n) is 4.42. The van der Waals surface area contributed by atoms with Gasteiger partial charge >= 0.3 is 0 Å². The highest BCUT2D eigenvalue weighted by Crippen LogP contribution is 2.24. The van der Waals surface area contributed by atoms with Crippen LogP contribution in [0.5, 0.6) is 0 Å². The van der Waals surface area contributed by atoms with E-state index in [4.69, 9.17) is 9.68 Å². The molecule has 0 spiro atoms. The molecule has 2 heterocycles. The van der Waals surface area contributed by atoms with Gasteiger partial charge in [0.15, 0.2) is 0 Å². The summed E-state index contributed by atoms with van der Waals surface area (Å²) in [4.78, 5) is 25.3. The maximum Gasteiger partial charge on any atom is 0.271 e. The Hall–Kier alpha value is -2.87. The van der Waals surface area contributed by atoms with Crippen molar-refractivity contribution < 1.29 is 14.0 Å². The number of allylic oxidation sites excluding steroid dienone is 2. The van der Waals surface area contributed by atoms with Gasteiger partial charge in [0, 0.05) is 12.1 Å². The van der Waals surface area contributed by atoms with Gasteiger partial charge in [-0.25, -0.2) is 0 Å². The lowest BCUT2D eigenvalue weighted by molar-refractivity contribution is -0.140. The summed E-state index contributed by atoms with van der Waals surface area (Å²) >= 11 is 0. The Morgan fingerprint density at radius 2 is 2.14 bits per heavy atom. The van der Waals surface area contributed by atoms with E-state index >= 15 is 0 Å². The van der Waals surface area contributed by atoms with E-state index in [-0.39, 0.29) is 18.0 Å². The first-order chi connectivity index (χ1) is 10.1. The van der Waals surface area contributed by atoms with Gasteiger partial charge in [0.2, 0.25) is 0 Å². The molecule has 0 unspecified atom stereocenters. The maximum atomic E-state index is 12.3. The molecule has 0 bridgehead atoms. The van der Waals surface area contributed by atoms with Crippen molar-refractivity contribution in [2.24, 2.45) is 0 Å². The van der Waals surface area contributed by atoms with Gasteiger partial charge in [-0.2, -0.15) is 5.26 Å². The molecule has 21 heavy (non-hydrogen) atoms. The number of amides is 2. The number of rotatable bonds is 3. The Morgan fingerprint density at radius 1 is 1.38 bits per heavy atom. The van der Waals surface area contributed by atoms with Crippen LogP contribution in [0.25, 0.3) is 6.08 Å². The van der Waals surface area contributed by atoms with E-state index in [1.807, 2.05) is 6.07 Å². The molecule has 106 valence electrons. The van der Waals surface area contributed by atoms with Crippen LogP contribution >= 0.6 is 0 Å². The Morgan fingerprint density at radius 3 is 2.71 bits per heavy atom. The summed E-state index contributed by atoms with van der Waals surface area (Å²) in [5.41, 5.74) is 0.756. The van der Waals surface area contributed by atoms with Crippen LogP contribution in [0.1, 0.15) is 19.6 Å². The van der Waals surface area contributed by atoms with Crippen LogP contribution in [0.4, 0.5) is 0 Å². The molecular formula is C16H14N2O3. The number of likely N-dealkylation sites (N-methyl/N-ethyl adjacent to an activating group) is 1. The Labute approximate surface area is 122 Å². The predicted octanol–water partition coefficient (Wildman–Crippen LogP) is 2.45. The van der Waals surface area contributed by atoms with Crippen molar-refractivity contribution in [1.82, 2.24) is 4.90 Å². The van der Waals surface area contributed by atoms with E-state index in [1.165, 1.54) is 0 Å². The van der Waals surface area contributed by atoms with Crippen molar-refractivity contribution in [2.45, 2.75) is 13.8 Å². The van der Waals surface area contributed by atoms with E-state index in [2.05, 4.69) is 0 Å². The first kappa shape index (κ1) is 14.5. The van der Waals surface area contributed by atoms with Gasteiger partial charge < -0.3 is 4.42 Å². The molecule has 2 amide bonds. The van der Waals surface area contributed by atoms with Crippen molar-refractivity contribution in [3.63, 3.8) is 0 Å². The fraction of sp³-hybridized carbons (Fsp3) is 0.188. The molecule has 0 fully saturated rings. The molecule has 5 nitrogen and oxygen atoms in total. The standard InChI is InChI=1S/C16H14N2O3/c1-3-18-15(19)13(11(2)14(10-17)16(18)20)8-4-6-12-7-5-9-21-12/h4-9H,3H2,1-2H3/b6-4+,13-8+. The molecule has 1 aliphatic rings. The van der Waals surface area contributed by atoms with E-state index in [0.29, 0.717) is 16.9 Å². The third kappa shape index (κ3) is 2.70. The number of carbonyl (C=O) groups excluding carboxylic acids is 2. The lowest BCUT2D eigenvalue weighted by Gasteiger charge is -2.25. The molecule has 0 aliphatic carbocycles. The van der Waals surface area contributed by atoms with E-state index in [9.17, 15) is 9.59 Å². The van der Waals surface area contributed by atoms with Crippen LogP contribution in [-0.2, 0) is 9.59 Å². The zero-order valence-electron chi connectivity index (χ0n) is 11.8. The first-order valence-electron chi connectivity index (χ1n) is 6.49. The highest BCUT2D eigenvalue weighted by molar-refractivity contribution is 6.18. The molecule has 0 N–H and O–H groups in total. The highest BCUT2D eigenvalue weighted by Gasteiger charge is 2.33. The van der Waals surface area contributed by atoms with Crippen LogP contribution in [0.2, 0.25) is 0 Å². The van der Waals surface area contributed by atoms with Gasteiger partial charge in [0.1, 0.15) is 17.4 Å². The summed E-state index contributed by atoms with van der Waals surface area (Å²) in [7, 11) is 0. The summed E-state index contributed by atoms with van der Waals surface area (Å²) in [5, 5.41) is 9.10. The molecule has 1 aliphatic heterocycles. The van der Waals surface area contributed by atoms with Gasteiger partial charge in [-0.3, -0.25) is 14.5 Å². The fourth-order valence-electron chi connectivity index (χ4n) is 2.07. The molecular weight excluding hydrogens is 268 g/mol. The molecule has 0 saturated carbocycles. The van der Waals surface area contributed by atoms with Gasteiger partial charge in [0.05, 0.1) is 6.26 Å². The van der Waals surface area contributed by atoms with Gasteiger partial charge in [0.25, 0.3) is 11.8 Å². The van der Waals surface area contributed by atoms with E-state index in [1.54, 1.807) is 50.5 Å². The lowest BCUT2D eigenvalue weighted by Crippen LogP contribution is -2.42. The zero-order valence-corrected chi connectivity index (χ0v) is 11.8. The molecule has 0 atom stereocenters. The number of hydrogen-bond donors (Lipinski definition) is 0. The minimum atomic E-state index is -0.533. The second-order valence-corrected chi connectivity index (χ2v) is 4.42. The number of carbonyl (C=O) groups is 2. The van der Waals surface area contributed by atoms with Crippen molar-refractivity contribution in [1.29, 1.82) is 5.26 Å². The first-order valence-corrected chi connectivity index (χ1v) is 6.49. The minimum absolute atomic E-state index is 0.00842. The largest absolute Gasteiger partial charge is 0.465 e. The monoisotopic (exact) mass is 282 g/mol. The van der Waals surface area contributed by atoms with E-state index < -0.39 is 5.91 Å². The summed E-state index contributed by atoms with van der Waals surface area (Å²) in [5.74, 6) is -0.265. The molecule has 0 aromatic carbocycles. The topological polar surface area (TPSA) is 74.3 Å². The Kier molecular flexibility index (Phi) is 4.19. The fourth-order valence-corrected chi connectivity index (χ4v) is 2.07. The van der Waals surface area contributed by atoms with Crippen LogP contribution < -0.4 is 0 Å². The molecule has 1 aromatic rings. The van der Waals surface area contributed by atoms with Crippen LogP contribution in [-0.4, -0.2) is 23.3 Å². The van der Waals surface area contributed by atoms with Gasteiger partial charge in [-0.1, -0.05) is 6.08 Å². The third-order valence-electron chi connectivity index (χ3n) is 3.21. The van der Waals surface area contributed by atoms with Crippen molar-refractivity contribution in [2.75, 3.05) is 6.54 Å². The normalized spacial score (nSPS) is 18.0. The summed E-state index contributed by atoms with van der Waals surface area (Å²) in [6.45, 7) is 3.53. The van der Waals surface area contributed by atoms with Crippen molar-refractivity contribution in [3.8, 4) is 6.07 Å². The average molecular weight is 282 g/mol. The number of furan rings is 1. The van der Waals surface area contributed by atoms with Crippen LogP contribution in [0, 0.1) is 11.3 Å². The average Bonchev–Trinajstić information content (AvgIpc) is 2.97. The SMILES string of the molecule is CCN1C(=O)C(C#N)=C(C)/C(=C\C=C\c2ccco2)C1=O. The Balaban J connectivity index is 2.41. The van der Waals surface area contributed by atoms with E-state index in [0.717, 1.165) is 4.90 Å². The molecule has 0 radical (unpaired) electrons. The number of imide groups is 1. The zero-order chi connectivity index (χ0) is 15.4. The highest BCUT2D eigenvalue weighted by atomic mass is 16.3.